The fourth-order valence-electron chi connectivity index (χ4n) is 2.07. The number of nitrogens with one attached hydrogen (secondary N) is 1. The lowest BCUT2D eigenvalue weighted by atomic mass is 10.1. The second-order valence-corrected chi connectivity index (χ2v) is 4.74. The standard InChI is InChI=1S/C17H21NO2/c1-13-5-4-6-16(11-13)20-12-17(18-2)14-7-9-15(19-3)10-8-14/h4-11,17-18H,12H2,1-3H3. The topological polar surface area (TPSA) is 30.5 Å². The van der Waals surface area contributed by atoms with E-state index >= 15 is 0 Å². The Morgan fingerprint density at radius 3 is 2.40 bits per heavy atom. The highest BCUT2D eigenvalue weighted by molar-refractivity contribution is 5.30. The smallest absolute Gasteiger partial charge is 0.119 e. The normalized spacial score (nSPS) is 11.9. The molecule has 1 N–H and O–H groups in total. The first-order valence-corrected chi connectivity index (χ1v) is 6.73. The molecule has 0 aliphatic carbocycles. The van der Waals surface area contributed by atoms with E-state index in [-0.39, 0.29) is 6.04 Å². The molecule has 20 heavy (non-hydrogen) atoms. The molecule has 106 valence electrons. The predicted molar refractivity (Wildman–Crippen MR) is 81.5 cm³/mol. The van der Waals surface area contributed by atoms with Crippen LogP contribution in [0.4, 0.5) is 0 Å². The lowest BCUT2D eigenvalue weighted by Crippen LogP contribution is -2.23. The van der Waals surface area contributed by atoms with Gasteiger partial charge in [0.1, 0.15) is 18.1 Å². The van der Waals surface area contributed by atoms with E-state index in [0.29, 0.717) is 6.61 Å². The lowest BCUT2D eigenvalue weighted by Gasteiger charge is -2.18. The maximum absolute atomic E-state index is 5.86. The van der Waals surface area contributed by atoms with Gasteiger partial charge in [0.15, 0.2) is 0 Å². The number of hydrogen-bond donors (Lipinski definition) is 1. The van der Waals surface area contributed by atoms with Crippen LogP contribution in [0.5, 0.6) is 11.5 Å². The number of rotatable bonds is 6. The quantitative estimate of drug-likeness (QED) is 0.874. The van der Waals surface area contributed by atoms with Crippen molar-refractivity contribution >= 4 is 0 Å². The van der Waals surface area contributed by atoms with Gasteiger partial charge in [-0.1, -0.05) is 24.3 Å². The number of benzene rings is 2. The molecule has 0 aliphatic rings. The molecular formula is C17H21NO2. The number of aryl methyl sites for hydroxylation is 1. The van der Waals surface area contributed by atoms with Crippen LogP contribution in [-0.2, 0) is 0 Å². The molecule has 0 saturated heterocycles. The Balaban J connectivity index is 2.01. The molecule has 0 saturated carbocycles. The van der Waals surface area contributed by atoms with Crippen LogP contribution in [0.25, 0.3) is 0 Å². The summed E-state index contributed by atoms with van der Waals surface area (Å²) in [5.41, 5.74) is 2.38. The zero-order valence-corrected chi connectivity index (χ0v) is 12.2. The molecule has 2 aromatic carbocycles. The highest BCUT2D eigenvalue weighted by Gasteiger charge is 2.10. The summed E-state index contributed by atoms with van der Waals surface area (Å²) in [6.07, 6.45) is 0. The minimum absolute atomic E-state index is 0.154. The van der Waals surface area contributed by atoms with Gasteiger partial charge in [-0.05, 0) is 49.4 Å². The molecule has 0 amide bonds. The number of likely N-dealkylation sites (N-methyl/N-ethyl adjacent to an activating group) is 1. The molecule has 1 unspecified atom stereocenters. The SMILES string of the molecule is CNC(COc1cccc(C)c1)c1ccc(OC)cc1. The van der Waals surface area contributed by atoms with Crippen molar-refractivity contribution in [1.29, 1.82) is 0 Å². The summed E-state index contributed by atoms with van der Waals surface area (Å²) in [6, 6.07) is 16.3. The van der Waals surface area contributed by atoms with E-state index in [9.17, 15) is 0 Å². The maximum Gasteiger partial charge on any atom is 0.119 e. The monoisotopic (exact) mass is 271 g/mol. The summed E-state index contributed by atoms with van der Waals surface area (Å²) in [6.45, 7) is 2.65. The fraction of sp³-hybridized carbons (Fsp3) is 0.294. The van der Waals surface area contributed by atoms with Gasteiger partial charge in [-0.25, -0.2) is 0 Å². The Morgan fingerprint density at radius 2 is 1.80 bits per heavy atom. The summed E-state index contributed by atoms with van der Waals surface area (Å²) in [4.78, 5) is 0. The van der Waals surface area contributed by atoms with Crippen molar-refractivity contribution in [3.8, 4) is 11.5 Å². The Hall–Kier alpha value is -2.00. The van der Waals surface area contributed by atoms with Crippen molar-refractivity contribution in [3.63, 3.8) is 0 Å². The Kier molecular flexibility index (Phi) is 5.02. The molecule has 3 heteroatoms. The van der Waals surface area contributed by atoms with E-state index in [2.05, 4.69) is 30.4 Å². The first-order valence-electron chi connectivity index (χ1n) is 6.73. The molecule has 0 spiro atoms. The summed E-state index contributed by atoms with van der Waals surface area (Å²) in [5, 5.41) is 3.27. The third-order valence-electron chi connectivity index (χ3n) is 3.27. The summed E-state index contributed by atoms with van der Waals surface area (Å²) < 4.78 is 11.0. The van der Waals surface area contributed by atoms with Gasteiger partial charge < -0.3 is 14.8 Å². The second-order valence-electron chi connectivity index (χ2n) is 4.74. The zero-order valence-electron chi connectivity index (χ0n) is 12.2. The average molecular weight is 271 g/mol. The molecular weight excluding hydrogens is 250 g/mol. The van der Waals surface area contributed by atoms with Crippen LogP contribution in [0, 0.1) is 6.92 Å². The first-order chi connectivity index (χ1) is 9.72. The first kappa shape index (κ1) is 14.4. The van der Waals surface area contributed by atoms with Crippen LogP contribution >= 0.6 is 0 Å². The Morgan fingerprint density at radius 1 is 1.05 bits per heavy atom. The highest BCUT2D eigenvalue weighted by atomic mass is 16.5. The van der Waals surface area contributed by atoms with Gasteiger partial charge in [0.2, 0.25) is 0 Å². The van der Waals surface area contributed by atoms with Gasteiger partial charge in [-0.15, -0.1) is 0 Å². The molecule has 0 bridgehead atoms. The molecule has 0 heterocycles. The van der Waals surface area contributed by atoms with Crippen molar-refractivity contribution in [1.82, 2.24) is 5.32 Å². The Labute approximate surface area is 120 Å². The zero-order chi connectivity index (χ0) is 14.4. The summed E-state index contributed by atoms with van der Waals surface area (Å²) in [5.74, 6) is 1.77. The van der Waals surface area contributed by atoms with Crippen LogP contribution < -0.4 is 14.8 Å². The van der Waals surface area contributed by atoms with Gasteiger partial charge in [0.05, 0.1) is 13.2 Å². The van der Waals surface area contributed by atoms with Crippen LogP contribution in [0.3, 0.4) is 0 Å². The van der Waals surface area contributed by atoms with Crippen molar-refractivity contribution in [2.75, 3.05) is 20.8 Å². The highest BCUT2D eigenvalue weighted by Crippen LogP contribution is 2.19. The van der Waals surface area contributed by atoms with Crippen LogP contribution in [0.2, 0.25) is 0 Å². The molecule has 3 nitrogen and oxygen atoms in total. The predicted octanol–water partition coefficient (Wildman–Crippen LogP) is 3.34. The van der Waals surface area contributed by atoms with Crippen LogP contribution in [0.1, 0.15) is 17.2 Å². The van der Waals surface area contributed by atoms with Crippen molar-refractivity contribution in [3.05, 3.63) is 59.7 Å². The average Bonchev–Trinajstić information content (AvgIpc) is 2.48. The van der Waals surface area contributed by atoms with Gasteiger partial charge >= 0.3 is 0 Å². The summed E-state index contributed by atoms with van der Waals surface area (Å²) >= 11 is 0. The lowest BCUT2D eigenvalue weighted by molar-refractivity contribution is 0.273. The molecule has 2 rings (SSSR count). The number of methoxy groups -OCH3 is 1. The van der Waals surface area contributed by atoms with Gasteiger partial charge in [0.25, 0.3) is 0 Å². The molecule has 1 atom stereocenters. The third kappa shape index (κ3) is 3.75. The number of hydrogen-bond acceptors (Lipinski definition) is 3. The molecule has 0 radical (unpaired) electrons. The molecule has 0 fully saturated rings. The molecule has 2 aromatic rings. The van der Waals surface area contributed by atoms with Crippen molar-refractivity contribution < 1.29 is 9.47 Å². The van der Waals surface area contributed by atoms with E-state index in [1.54, 1.807) is 7.11 Å². The van der Waals surface area contributed by atoms with Crippen LogP contribution in [-0.4, -0.2) is 20.8 Å². The fourth-order valence-corrected chi connectivity index (χ4v) is 2.07. The largest absolute Gasteiger partial charge is 0.497 e. The van der Waals surface area contributed by atoms with Crippen LogP contribution in [0.15, 0.2) is 48.5 Å². The van der Waals surface area contributed by atoms with E-state index < -0.39 is 0 Å². The van der Waals surface area contributed by atoms with Crippen molar-refractivity contribution in [2.45, 2.75) is 13.0 Å². The minimum Gasteiger partial charge on any atom is -0.497 e. The van der Waals surface area contributed by atoms with Gasteiger partial charge in [0, 0.05) is 0 Å². The number of ether oxygens (including phenoxy) is 2. The third-order valence-corrected chi connectivity index (χ3v) is 3.27. The van der Waals surface area contributed by atoms with E-state index in [1.807, 2.05) is 37.4 Å². The van der Waals surface area contributed by atoms with E-state index in [4.69, 9.17) is 9.47 Å². The van der Waals surface area contributed by atoms with Gasteiger partial charge in [-0.3, -0.25) is 0 Å². The van der Waals surface area contributed by atoms with Gasteiger partial charge in [-0.2, -0.15) is 0 Å². The van der Waals surface area contributed by atoms with E-state index in [0.717, 1.165) is 11.5 Å². The maximum atomic E-state index is 5.86. The second kappa shape index (κ2) is 6.96. The van der Waals surface area contributed by atoms with E-state index in [1.165, 1.54) is 11.1 Å². The molecule has 0 aliphatic heterocycles. The summed E-state index contributed by atoms with van der Waals surface area (Å²) in [7, 11) is 3.61. The van der Waals surface area contributed by atoms with Crippen molar-refractivity contribution in [2.24, 2.45) is 0 Å². The minimum atomic E-state index is 0.154. The Bertz CT molecular complexity index is 537. The molecule has 0 aromatic heterocycles.